The molecule has 0 bridgehead atoms. The van der Waals surface area contributed by atoms with Crippen LogP contribution in [0.15, 0.2) is 42.6 Å². The number of aromatic nitrogens is 1. The van der Waals surface area contributed by atoms with Crippen molar-refractivity contribution in [2.45, 2.75) is 12.7 Å². The summed E-state index contributed by atoms with van der Waals surface area (Å²) < 4.78 is 46.6. The van der Waals surface area contributed by atoms with Crippen LogP contribution in [0.3, 0.4) is 0 Å². The predicted molar refractivity (Wildman–Crippen MR) is 84.6 cm³/mol. The molecule has 1 amide bonds. The van der Waals surface area contributed by atoms with Crippen LogP contribution in [0.1, 0.15) is 5.56 Å². The van der Waals surface area contributed by atoms with Crippen molar-refractivity contribution in [1.82, 2.24) is 10.3 Å². The number of nitrogens with one attached hydrogen (secondary N) is 1. The second kappa shape index (κ2) is 8.57. The highest BCUT2D eigenvalue weighted by Gasteiger charge is 2.29. The number of rotatable bonds is 7. The molecule has 5 nitrogen and oxygen atoms in total. The van der Waals surface area contributed by atoms with Gasteiger partial charge in [-0.25, -0.2) is 4.98 Å². The first kappa shape index (κ1) is 18.9. The molecule has 1 aromatic carbocycles. The van der Waals surface area contributed by atoms with Crippen LogP contribution < -0.4 is 14.8 Å². The third-order valence-corrected chi connectivity index (χ3v) is 3.10. The number of nitrogens with zero attached hydrogens (tertiary/aromatic N) is 1. The molecule has 1 aromatic heterocycles. The van der Waals surface area contributed by atoms with Crippen LogP contribution in [0.5, 0.6) is 11.6 Å². The van der Waals surface area contributed by atoms with Crippen molar-refractivity contribution in [3.63, 3.8) is 0 Å². The second-order valence-corrected chi connectivity index (χ2v) is 5.33. The van der Waals surface area contributed by atoms with Crippen molar-refractivity contribution in [3.8, 4) is 11.6 Å². The van der Waals surface area contributed by atoms with Crippen LogP contribution in [-0.4, -0.2) is 30.3 Å². The smallest absolute Gasteiger partial charge is 0.422 e. The fraction of sp³-hybridized carbons (Fsp3) is 0.250. The SMILES string of the molecule is O=C(COc1cccc(Cl)c1)NCc1cccnc1OCC(F)(F)F. The Labute approximate surface area is 146 Å². The minimum Gasteiger partial charge on any atom is -0.484 e. The minimum absolute atomic E-state index is 0.0429. The molecule has 0 atom stereocenters. The molecule has 134 valence electrons. The van der Waals surface area contributed by atoms with Crippen molar-refractivity contribution in [2.24, 2.45) is 0 Å². The van der Waals surface area contributed by atoms with E-state index in [1.54, 1.807) is 24.3 Å². The summed E-state index contributed by atoms with van der Waals surface area (Å²) in [7, 11) is 0. The van der Waals surface area contributed by atoms with Crippen LogP contribution in [0.4, 0.5) is 13.2 Å². The summed E-state index contributed by atoms with van der Waals surface area (Å²) >= 11 is 5.80. The lowest BCUT2D eigenvalue weighted by atomic mass is 10.2. The van der Waals surface area contributed by atoms with Gasteiger partial charge in [-0.2, -0.15) is 13.2 Å². The van der Waals surface area contributed by atoms with Crippen molar-refractivity contribution in [2.75, 3.05) is 13.2 Å². The summed E-state index contributed by atoms with van der Waals surface area (Å²) in [5, 5.41) is 3.00. The lowest BCUT2D eigenvalue weighted by molar-refractivity contribution is -0.154. The molecule has 9 heteroatoms. The van der Waals surface area contributed by atoms with Gasteiger partial charge < -0.3 is 14.8 Å². The number of ether oxygens (including phenoxy) is 2. The molecule has 0 saturated heterocycles. The molecule has 1 heterocycles. The van der Waals surface area contributed by atoms with E-state index in [1.807, 2.05) is 0 Å². The molecular weight excluding hydrogens is 361 g/mol. The summed E-state index contributed by atoms with van der Waals surface area (Å²) in [5.41, 5.74) is 0.322. The summed E-state index contributed by atoms with van der Waals surface area (Å²) in [6, 6.07) is 9.58. The monoisotopic (exact) mass is 374 g/mol. The van der Waals surface area contributed by atoms with Gasteiger partial charge in [-0.1, -0.05) is 23.7 Å². The van der Waals surface area contributed by atoms with Gasteiger partial charge in [0.25, 0.3) is 5.91 Å². The highest BCUT2D eigenvalue weighted by Crippen LogP contribution is 2.20. The number of pyridine rings is 1. The topological polar surface area (TPSA) is 60.5 Å². The molecule has 0 unspecified atom stereocenters. The standard InChI is InChI=1S/C16H14ClF3N2O3/c17-12-4-1-5-13(7-12)24-9-14(23)22-8-11-3-2-6-21-15(11)25-10-16(18,19)20/h1-7H,8-10H2,(H,22,23). The van der Waals surface area contributed by atoms with E-state index in [1.165, 1.54) is 18.3 Å². The Hall–Kier alpha value is -2.48. The fourth-order valence-corrected chi connectivity index (χ4v) is 1.97. The van der Waals surface area contributed by atoms with Gasteiger partial charge in [0.15, 0.2) is 13.2 Å². The zero-order valence-corrected chi connectivity index (χ0v) is 13.6. The normalized spacial score (nSPS) is 11.0. The Morgan fingerprint density at radius 1 is 1.20 bits per heavy atom. The molecular formula is C16H14ClF3N2O3. The molecule has 0 spiro atoms. The molecule has 0 radical (unpaired) electrons. The number of carbonyl (C=O) groups is 1. The van der Waals surface area contributed by atoms with Crippen LogP contribution in [0, 0.1) is 0 Å². The van der Waals surface area contributed by atoms with Gasteiger partial charge in [0.2, 0.25) is 5.88 Å². The highest BCUT2D eigenvalue weighted by atomic mass is 35.5. The van der Waals surface area contributed by atoms with Crippen LogP contribution in [0.25, 0.3) is 0 Å². The Morgan fingerprint density at radius 2 is 2.00 bits per heavy atom. The van der Waals surface area contributed by atoms with E-state index in [4.69, 9.17) is 16.3 Å². The quantitative estimate of drug-likeness (QED) is 0.807. The van der Waals surface area contributed by atoms with E-state index in [0.29, 0.717) is 16.3 Å². The summed E-state index contributed by atoms with van der Waals surface area (Å²) in [6.07, 6.45) is -3.16. The second-order valence-electron chi connectivity index (χ2n) is 4.89. The number of amides is 1. The van der Waals surface area contributed by atoms with E-state index in [2.05, 4.69) is 15.0 Å². The van der Waals surface area contributed by atoms with Gasteiger partial charge >= 0.3 is 6.18 Å². The third kappa shape index (κ3) is 6.88. The number of hydrogen-bond acceptors (Lipinski definition) is 4. The van der Waals surface area contributed by atoms with E-state index < -0.39 is 18.7 Å². The number of carbonyl (C=O) groups excluding carboxylic acids is 1. The fourth-order valence-electron chi connectivity index (χ4n) is 1.79. The highest BCUT2D eigenvalue weighted by molar-refractivity contribution is 6.30. The molecule has 1 N–H and O–H groups in total. The van der Waals surface area contributed by atoms with E-state index in [0.717, 1.165) is 0 Å². The largest absolute Gasteiger partial charge is 0.484 e. The molecule has 0 aliphatic rings. The van der Waals surface area contributed by atoms with Crippen molar-refractivity contribution < 1.29 is 27.4 Å². The Balaban J connectivity index is 1.85. The number of hydrogen-bond donors (Lipinski definition) is 1. The van der Waals surface area contributed by atoms with Crippen LogP contribution in [0.2, 0.25) is 5.02 Å². The molecule has 0 fully saturated rings. The first-order valence-corrected chi connectivity index (χ1v) is 7.50. The maximum atomic E-state index is 12.2. The number of halogens is 4. The average molecular weight is 375 g/mol. The van der Waals surface area contributed by atoms with Crippen LogP contribution in [-0.2, 0) is 11.3 Å². The van der Waals surface area contributed by atoms with Gasteiger partial charge in [-0.05, 0) is 24.3 Å². The lowest BCUT2D eigenvalue weighted by Crippen LogP contribution is -2.29. The molecule has 25 heavy (non-hydrogen) atoms. The summed E-state index contributed by atoms with van der Waals surface area (Å²) in [4.78, 5) is 15.5. The molecule has 0 aliphatic heterocycles. The van der Waals surface area contributed by atoms with Crippen LogP contribution >= 0.6 is 11.6 Å². The van der Waals surface area contributed by atoms with Crippen molar-refractivity contribution >= 4 is 17.5 Å². The zero-order chi connectivity index (χ0) is 18.3. The molecule has 2 aromatic rings. The predicted octanol–water partition coefficient (Wildman–Crippen LogP) is 3.37. The minimum atomic E-state index is -4.47. The van der Waals surface area contributed by atoms with Gasteiger partial charge in [0.1, 0.15) is 5.75 Å². The first-order valence-electron chi connectivity index (χ1n) is 7.12. The van der Waals surface area contributed by atoms with E-state index in [9.17, 15) is 18.0 Å². The van der Waals surface area contributed by atoms with E-state index >= 15 is 0 Å². The lowest BCUT2D eigenvalue weighted by Gasteiger charge is -2.12. The summed E-state index contributed by atoms with van der Waals surface area (Å²) in [5.74, 6) is -0.209. The van der Waals surface area contributed by atoms with Gasteiger partial charge in [0, 0.05) is 23.3 Å². The van der Waals surface area contributed by atoms with Crippen molar-refractivity contribution in [1.29, 1.82) is 0 Å². The maximum Gasteiger partial charge on any atom is 0.422 e. The molecule has 0 aliphatic carbocycles. The van der Waals surface area contributed by atoms with Gasteiger partial charge in [-0.3, -0.25) is 4.79 Å². The maximum absolute atomic E-state index is 12.2. The Morgan fingerprint density at radius 3 is 2.72 bits per heavy atom. The van der Waals surface area contributed by atoms with Gasteiger partial charge in [0.05, 0.1) is 0 Å². The average Bonchev–Trinajstić information content (AvgIpc) is 2.56. The Bertz CT molecular complexity index is 726. The molecule has 0 saturated carbocycles. The number of benzene rings is 1. The zero-order valence-electron chi connectivity index (χ0n) is 12.8. The third-order valence-electron chi connectivity index (χ3n) is 2.86. The van der Waals surface area contributed by atoms with Crippen molar-refractivity contribution in [3.05, 3.63) is 53.2 Å². The number of alkyl halides is 3. The molecule has 2 rings (SSSR count). The Kier molecular flexibility index (Phi) is 6.46. The van der Waals surface area contributed by atoms with E-state index in [-0.39, 0.29) is 19.0 Å². The first-order chi connectivity index (χ1) is 11.8. The van der Waals surface area contributed by atoms with Gasteiger partial charge in [-0.15, -0.1) is 0 Å². The summed E-state index contributed by atoms with van der Waals surface area (Å²) in [6.45, 7) is -1.76.